The number of carboxylic acids is 1. The molecule has 0 atom stereocenters. The van der Waals surface area contributed by atoms with Gasteiger partial charge in [0.25, 0.3) is 5.91 Å². The van der Waals surface area contributed by atoms with Gasteiger partial charge in [-0.1, -0.05) is 12.1 Å². The van der Waals surface area contributed by atoms with Crippen LogP contribution in [0.15, 0.2) is 42.0 Å². The first kappa shape index (κ1) is 20.3. The zero-order chi connectivity index (χ0) is 20.0. The largest absolute Gasteiger partial charge is 0.493 e. The highest BCUT2D eigenvalue weighted by Gasteiger charge is 2.16. The molecule has 1 amide bonds. The van der Waals surface area contributed by atoms with Crippen LogP contribution in [0.25, 0.3) is 6.08 Å². The molecule has 0 heterocycles. The van der Waals surface area contributed by atoms with E-state index in [1.807, 2.05) is 6.07 Å². The van der Waals surface area contributed by atoms with Crippen molar-refractivity contribution in [3.05, 3.63) is 56.7 Å². The van der Waals surface area contributed by atoms with Gasteiger partial charge in [-0.05, 0) is 58.5 Å². The van der Waals surface area contributed by atoms with E-state index in [0.717, 1.165) is 3.57 Å². The number of amides is 1. The summed E-state index contributed by atoms with van der Waals surface area (Å²) in [7, 11) is 3.01. The number of nitrogens with zero attached hydrogens (tertiary/aromatic N) is 1. The van der Waals surface area contributed by atoms with Gasteiger partial charge in [-0.2, -0.15) is 5.26 Å². The molecule has 0 saturated heterocycles. The maximum atomic E-state index is 12.4. The number of benzene rings is 2. The van der Waals surface area contributed by atoms with Crippen LogP contribution in [-0.2, 0) is 4.79 Å². The number of nitriles is 1. The van der Waals surface area contributed by atoms with E-state index in [2.05, 4.69) is 27.9 Å². The number of anilines is 1. The lowest BCUT2D eigenvalue weighted by Gasteiger charge is -2.11. The van der Waals surface area contributed by atoms with Gasteiger partial charge >= 0.3 is 5.97 Å². The molecule has 0 spiro atoms. The zero-order valence-corrected chi connectivity index (χ0v) is 16.6. The molecule has 2 aromatic carbocycles. The monoisotopic (exact) mass is 478 g/mol. The van der Waals surface area contributed by atoms with Gasteiger partial charge in [0.15, 0.2) is 11.5 Å². The van der Waals surface area contributed by atoms with Crippen LogP contribution in [-0.4, -0.2) is 31.2 Å². The van der Waals surface area contributed by atoms with Gasteiger partial charge in [0.1, 0.15) is 11.6 Å². The Labute approximate surface area is 169 Å². The Morgan fingerprint density at radius 3 is 2.52 bits per heavy atom. The maximum Gasteiger partial charge on any atom is 0.337 e. The number of rotatable bonds is 6. The van der Waals surface area contributed by atoms with Crippen molar-refractivity contribution in [2.45, 2.75) is 0 Å². The predicted octanol–water partition coefficient (Wildman–Crippen LogP) is 3.55. The van der Waals surface area contributed by atoms with Gasteiger partial charge in [-0.3, -0.25) is 4.79 Å². The highest BCUT2D eigenvalue weighted by molar-refractivity contribution is 14.1. The van der Waals surface area contributed by atoms with E-state index < -0.39 is 11.9 Å². The Balaban J connectivity index is 2.37. The van der Waals surface area contributed by atoms with E-state index in [1.165, 1.54) is 32.4 Å². The normalized spacial score (nSPS) is 10.7. The van der Waals surface area contributed by atoms with Crippen LogP contribution < -0.4 is 14.8 Å². The summed E-state index contributed by atoms with van der Waals surface area (Å²) in [5.74, 6) is -0.878. The molecule has 0 radical (unpaired) electrons. The molecule has 8 heteroatoms. The quantitative estimate of drug-likeness (QED) is 0.374. The summed E-state index contributed by atoms with van der Waals surface area (Å²) in [5.41, 5.74) is 0.426. The molecule has 0 fully saturated rings. The Kier molecular flexibility index (Phi) is 6.79. The van der Waals surface area contributed by atoms with Crippen molar-refractivity contribution in [3.63, 3.8) is 0 Å². The fourth-order valence-electron chi connectivity index (χ4n) is 2.30. The van der Waals surface area contributed by atoms with E-state index >= 15 is 0 Å². The van der Waals surface area contributed by atoms with Crippen molar-refractivity contribution < 1.29 is 24.2 Å². The second-order valence-corrected chi connectivity index (χ2v) is 6.38. The number of ether oxygens (including phenoxy) is 2. The van der Waals surface area contributed by atoms with Crippen LogP contribution in [0.1, 0.15) is 15.9 Å². The van der Waals surface area contributed by atoms with Crippen LogP contribution in [0.2, 0.25) is 0 Å². The third-order valence-electron chi connectivity index (χ3n) is 3.54. The van der Waals surface area contributed by atoms with Crippen molar-refractivity contribution in [2.24, 2.45) is 0 Å². The van der Waals surface area contributed by atoms with Gasteiger partial charge in [-0.25, -0.2) is 4.79 Å². The summed E-state index contributed by atoms with van der Waals surface area (Å²) < 4.78 is 11.3. The van der Waals surface area contributed by atoms with Crippen molar-refractivity contribution >= 4 is 46.2 Å². The van der Waals surface area contributed by atoms with Crippen LogP contribution in [0.4, 0.5) is 5.69 Å². The third kappa shape index (κ3) is 4.77. The summed E-state index contributed by atoms with van der Waals surface area (Å²) in [5, 5.41) is 21.0. The Morgan fingerprint density at radius 2 is 1.93 bits per heavy atom. The first-order valence-electron chi connectivity index (χ1n) is 7.58. The topological polar surface area (TPSA) is 109 Å². The smallest absolute Gasteiger partial charge is 0.337 e. The van der Waals surface area contributed by atoms with Crippen molar-refractivity contribution in [1.29, 1.82) is 5.26 Å². The molecule has 7 nitrogen and oxygen atoms in total. The number of methoxy groups -OCH3 is 2. The van der Waals surface area contributed by atoms with Gasteiger partial charge < -0.3 is 19.9 Å². The standard InChI is InChI=1S/C19H15IN2O5/c1-26-16-9-11(8-14(20)17(16)27-2)7-12(10-21)18(23)22-15-6-4-3-5-13(15)19(24)25/h3-9H,1-2H3,(H,22,23)(H,24,25)/b12-7+. The SMILES string of the molecule is COc1cc(/C=C(\C#N)C(=O)Nc2ccccc2C(=O)O)cc(I)c1OC. The number of hydrogen-bond acceptors (Lipinski definition) is 5. The first-order chi connectivity index (χ1) is 12.9. The van der Waals surface area contributed by atoms with Crippen molar-refractivity contribution in [3.8, 4) is 17.6 Å². The molecule has 0 bridgehead atoms. The van der Waals surface area contributed by atoms with Crippen LogP contribution >= 0.6 is 22.6 Å². The Hall–Kier alpha value is -3.06. The number of para-hydroxylation sites is 1. The van der Waals surface area contributed by atoms with Crippen molar-refractivity contribution in [1.82, 2.24) is 0 Å². The number of carbonyl (C=O) groups is 2. The van der Waals surface area contributed by atoms with Gasteiger partial charge in [-0.15, -0.1) is 0 Å². The molecule has 27 heavy (non-hydrogen) atoms. The molecule has 0 aliphatic rings. The molecule has 2 aromatic rings. The predicted molar refractivity (Wildman–Crippen MR) is 108 cm³/mol. The first-order valence-corrected chi connectivity index (χ1v) is 8.66. The van der Waals surface area contributed by atoms with E-state index in [4.69, 9.17) is 9.47 Å². The van der Waals surface area contributed by atoms with Crippen LogP contribution in [0, 0.1) is 14.9 Å². The summed E-state index contributed by atoms with van der Waals surface area (Å²) in [6, 6.07) is 11.2. The summed E-state index contributed by atoms with van der Waals surface area (Å²) in [4.78, 5) is 23.7. The number of carboxylic acid groups (broad SMARTS) is 1. The van der Waals surface area contributed by atoms with E-state index in [0.29, 0.717) is 17.1 Å². The molecule has 2 rings (SSSR count). The summed E-state index contributed by atoms with van der Waals surface area (Å²) in [6.45, 7) is 0. The van der Waals surface area contributed by atoms with E-state index in [-0.39, 0.29) is 16.8 Å². The van der Waals surface area contributed by atoms with Crippen molar-refractivity contribution in [2.75, 3.05) is 19.5 Å². The fourth-order valence-corrected chi connectivity index (χ4v) is 3.15. The lowest BCUT2D eigenvalue weighted by Crippen LogP contribution is -2.16. The number of hydrogen-bond donors (Lipinski definition) is 2. The molecule has 0 aliphatic carbocycles. The minimum Gasteiger partial charge on any atom is -0.493 e. The van der Waals surface area contributed by atoms with E-state index in [1.54, 1.807) is 24.3 Å². The minimum atomic E-state index is -1.18. The highest BCUT2D eigenvalue weighted by Crippen LogP contribution is 2.34. The molecule has 2 N–H and O–H groups in total. The van der Waals surface area contributed by atoms with Crippen LogP contribution in [0.5, 0.6) is 11.5 Å². The molecule has 0 saturated carbocycles. The molecular formula is C19H15IN2O5. The average Bonchev–Trinajstić information content (AvgIpc) is 2.65. The zero-order valence-electron chi connectivity index (χ0n) is 14.4. The minimum absolute atomic E-state index is 0.0659. The third-order valence-corrected chi connectivity index (χ3v) is 4.34. The summed E-state index contributed by atoms with van der Waals surface area (Å²) in [6.07, 6.45) is 1.39. The Morgan fingerprint density at radius 1 is 1.22 bits per heavy atom. The molecule has 0 unspecified atom stereocenters. The fraction of sp³-hybridized carbons (Fsp3) is 0.105. The molecular weight excluding hydrogens is 463 g/mol. The average molecular weight is 478 g/mol. The second kappa shape index (κ2) is 9.05. The maximum absolute atomic E-state index is 12.4. The van der Waals surface area contributed by atoms with Gasteiger partial charge in [0, 0.05) is 0 Å². The highest BCUT2D eigenvalue weighted by atomic mass is 127. The number of halogens is 1. The van der Waals surface area contributed by atoms with Crippen LogP contribution in [0.3, 0.4) is 0 Å². The molecule has 0 aliphatic heterocycles. The lowest BCUT2D eigenvalue weighted by molar-refractivity contribution is -0.112. The Bertz CT molecular complexity index is 963. The number of carbonyl (C=O) groups excluding carboxylic acids is 1. The lowest BCUT2D eigenvalue weighted by atomic mass is 10.1. The van der Waals surface area contributed by atoms with Gasteiger partial charge in [0.2, 0.25) is 0 Å². The molecule has 138 valence electrons. The second-order valence-electron chi connectivity index (χ2n) is 5.21. The number of nitrogens with one attached hydrogen (secondary N) is 1. The number of aromatic carboxylic acids is 1. The summed E-state index contributed by atoms with van der Waals surface area (Å²) >= 11 is 2.06. The van der Waals surface area contributed by atoms with E-state index in [9.17, 15) is 20.0 Å². The van der Waals surface area contributed by atoms with Gasteiger partial charge in [0.05, 0.1) is 29.0 Å². The molecule has 0 aromatic heterocycles.